The number of anilines is 2. The van der Waals surface area contributed by atoms with E-state index in [0.29, 0.717) is 47.7 Å². The zero-order valence-corrected chi connectivity index (χ0v) is 21.0. The summed E-state index contributed by atoms with van der Waals surface area (Å²) in [5.41, 5.74) is 3.37. The number of fused-ring (bicyclic) bond motifs is 1. The van der Waals surface area contributed by atoms with Crippen LogP contribution in [0.25, 0.3) is 10.9 Å². The van der Waals surface area contributed by atoms with Crippen molar-refractivity contribution in [3.63, 3.8) is 0 Å². The van der Waals surface area contributed by atoms with Crippen molar-refractivity contribution in [3.05, 3.63) is 72.3 Å². The van der Waals surface area contributed by atoms with Gasteiger partial charge >= 0.3 is 0 Å². The molecule has 1 saturated heterocycles. The highest BCUT2D eigenvalue weighted by atomic mass is 16.5. The standard InChI is InChI=1S/C28H29N5O4/c1-17-13-20(8-10-24(17)37-22-9-7-18(2)29-14-22)32-27-26-23(30-16-31-27)5-4-6-25(26)36-19(3)28(35)33-12-11-21(34)15-33/h4-10,13-14,16,19,21,34H,11-12,15H2,1-3H3,(H,30,31,32)/t19-,21?/m1/s1. The van der Waals surface area contributed by atoms with Gasteiger partial charge in [0.2, 0.25) is 0 Å². The number of aromatic nitrogens is 3. The fourth-order valence-corrected chi connectivity index (χ4v) is 4.33. The van der Waals surface area contributed by atoms with Gasteiger partial charge in [-0.05, 0) is 75.2 Å². The summed E-state index contributed by atoms with van der Waals surface area (Å²) in [6.45, 7) is 6.47. The molecular weight excluding hydrogens is 470 g/mol. The molecule has 1 unspecified atom stereocenters. The van der Waals surface area contributed by atoms with Gasteiger partial charge in [0, 0.05) is 24.5 Å². The van der Waals surface area contributed by atoms with Crippen LogP contribution in [-0.2, 0) is 4.79 Å². The minimum absolute atomic E-state index is 0.157. The van der Waals surface area contributed by atoms with Crippen LogP contribution in [0.15, 0.2) is 61.1 Å². The first kappa shape index (κ1) is 24.5. The molecule has 9 nitrogen and oxygen atoms in total. The first-order valence-corrected chi connectivity index (χ1v) is 12.2. The van der Waals surface area contributed by atoms with Crippen LogP contribution in [0.4, 0.5) is 11.5 Å². The Hall–Kier alpha value is -4.24. The number of carbonyl (C=O) groups is 1. The third-order valence-electron chi connectivity index (χ3n) is 6.30. The van der Waals surface area contributed by atoms with Crippen molar-refractivity contribution in [2.75, 3.05) is 18.4 Å². The molecule has 2 atom stereocenters. The lowest BCUT2D eigenvalue weighted by Gasteiger charge is -2.22. The maximum absolute atomic E-state index is 12.9. The van der Waals surface area contributed by atoms with Crippen LogP contribution in [0, 0.1) is 13.8 Å². The maximum atomic E-state index is 12.9. The Morgan fingerprint density at radius 1 is 1.11 bits per heavy atom. The average molecular weight is 500 g/mol. The van der Waals surface area contributed by atoms with E-state index in [4.69, 9.17) is 9.47 Å². The molecule has 2 N–H and O–H groups in total. The number of β-amino-alcohol motifs (C(OH)–C–C–N with tert-alkyl or cyclic N) is 1. The van der Waals surface area contributed by atoms with Gasteiger partial charge in [0.05, 0.1) is 23.2 Å². The molecule has 0 radical (unpaired) electrons. The van der Waals surface area contributed by atoms with Crippen molar-refractivity contribution >= 4 is 28.3 Å². The molecule has 0 bridgehead atoms. The molecule has 9 heteroatoms. The number of nitrogens with one attached hydrogen (secondary N) is 1. The summed E-state index contributed by atoms with van der Waals surface area (Å²) in [5.74, 6) is 2.31. The van der Waals surface area contributed by atoms with Crippen LogP contribution in [-0.4, -0.2) is 56.2 Å². The number of rotatable bonds is 7. The summed E-state index contributed by atoms with van der Waals surface area (Å²) in [4.78, 5) is 27.6. The summed E-state index contributed by atoms with van der Waals surface area (Å²) in [7, 11) is 0. The molecule has 5 rings (SSSR count). The van der Waals surface area contributed by atoms with Gasteiger partial charge in [-0.3, -0.25) is 9.78 Å². The van der Waals surface area contributed by atoms with Crippen molar-refractivity contribution in [2.45, 2.75) is 39.4 Å². The number of hydrogen-bond acceptors (Lipinski definition) is 8. The number of benzene rings is 2. The summed E-state index contributed by atoms with van der Waals surface area (Å²) in [6.07, 6.45) is 2.57. The summed E-state index contributed by atoms with van der Waals surface area (Å²) in [5, 5.41) is 13.8. The lowest BCUT2D eigenvalue weighted by Crippen LogP contribution is -2.39. The van der Waals surface area contributed by atoms with Gasteiger partial charge in [-0.1, -0.05) is 6.07 Å². The van der Waals surface area contributed by atoms with Crippen LogP contribution in [0.5, 0.6) is 17.2 Å². The molecule has 190 valence electrons. The van der Waals surface area contributed by atoms with E-state index in [1.807, 2.05) is 56.3 Å². The largest absolute Gasteiger partial charge is 0.480 e. The molecule has 2 aromatic carbocycles. The third kappa shape index (κ3) is 5.46. The normalized spacial score (nSPS) is 16.0. The fourth-order valence-electron chi connectivity index (χ4n) is 4.33. The molecule has 4 aromatic rings. The second-order valence-corrected chi connectivity index (χ2v) is 9.20. The number of likely N-dealkylation sites (tertiary alicyclic amines) is 1. The Bertz CT molecular complexity index is 1420. The summed E-state index contributed by atoms with van der Waals surface area (Å²) < 4.78 is 12.1. The van der Waals surface area contributed by atoms with Gasteiger partial charge < -0.3 is 24.8 Å². The second kappa shape index (κ2) is 10.4. The number of aliphatic hydroxyl groups is 1. The van der Waals surface area contributed by atoms with Crippen molar-refractivity contribution < 1.29 is 19.4 Å². The number of nitrogens with zero attached hydrogens (tertiary/aromatic N) is 4. The summed E-state index contributed by atoms with van der Waals surface area (Å²) >= 11 is 0. The number of aryl methyl sites for hydroxylation is 2. The number of ether oxygens (including phenoxy) is 2. The number of aliphatic hydroxyl groups excluding tert-OH is 1. The zero-order chi connectivity index (χ0) is 25.9. The van der Waals surface area contributed by atoms with E-state index in [1.54, 1.807) is 24.1 Å². The van der Waals surface area contributed by atoms with Gasteiger partial charge in [-0.25, -0.2) is 9.97 Å². The highest BCUT2D eigenvalue weighted by molar-refractivity contribution is 5.96. The second-order valence-electron chi connectivity index (χ2n) is 9.20. The van der Waals surface area contributed by atoms with E-state index in [9.17, 15) is 9.90 Å². The lowest BCUT2D eigenvalue weighted by atomic mass is 10.1. The van der Waals surface area contributed by atoms with Crippen LogP contribution in [0.3, 0.4) is 0 Å². The van der Waals surface area contributed by atoms with Gasteiger partial charge in [0.15, 0.2) is 6.10 Å². The van der Waals surface area contributed by atoms with Crippen molar-refractivity contribution in [2.24, 2.45) is 0 Å². The van der Waals surface area contributed by atoms with Crippen LogP contribution >= 0.6 is 0 Å². The third-order valence-corrected chi connectivity index (χ3v) is 6.30. The molecule has 0 spiro atoms. The first-order chi connectivity index (χ1) is 17.9. The van der Waals surface area contributed by atoms with Crippen LogP contribution < -0.4 is 14.8 Å². The van der Waals surface area contributed by atoms with E-state index in [-0.39, 0.29) is 5.91 Å². The molecule has 1 aliphatic heterocycles. The van der Waals surface area contributed by atoms with E-state index >= 15 is 0 Å². The summed E-state index contributed by atoms with van der Waals surface area (Å²) in [6, 6.07) is 15.1. The molecule has 3 heterocycles. The van der Waals surface area contributed by atoms with E-state index in [2.05, 4.69) is 20.3 Å². The minimum atomic E-state index is -0.723. The predicted molar refractivity (Wildman–Crippen MR) is 140 cm³/mol. The Morgan fingerprint density at radius 2 is 1.97 bits per heavy atom. The van der Waals surface area contributed by atoms with E-state index in [1.165, 1.54) is 6.33 Å². The molecular formula is C28H29N5O4. The van der Waals surface area contributed by atoms with Gasteiger partial charge in [-0.15, -0.1) is 0 Å². The number of pyridine rings is 1. The van der Waals surface area contributed by atoms with E-state index < -0.39 is 12.2 Å². The van der Waals surface area contributed by atoms with Gasteiger partial charge in [0.25, 0.3) is 5.91 Å². The number of hydrogen-bond donors (Lipinski definition) is 2. The van der Waals surface area contributed by atoms with Gasteiger partial charge in [-0.2, -0.15) is 0 Å². The van der Waals surface area contributed by atoms with E-state index in [0.717, 1.165) is 22.7 Å². The molecule has 37 heavy (non-hydrogen) atoms. The minimum Gasteiger partial charge on any atom is -0.480 e. The zero-order valence-electron chi connectivity index (χ0n) is 21.0. The highest BCUT2D eigenvalue weighted by Gasteiger charge is 2.29. The Balaban J connectivity index is 1.37. The van der Waals surface area contributed by atoms with Gasteiger partial charge in [0.1, 0.15) is 29.4 Å². The topological polar surface area (TPSA) is 110 Å². The van der Waals surface area contributed by atoms with Crippen LogP contribution in [0.1, 0.15) is 24.6 Å². The molecule has 1 fully saturated rings. The Morgan fingerprint density at radius 3 is 2.70 bits per heavy atom. The van der Waals surface area contributed by atoms with Crippen molar-refractivity contribution in [1.29, 1.82) is 0 Å². The van der Waals surface area contributed by atoms with Crippen molar-refractivity contribution in [3.8, 4) is 17.2 Å². The SMILES string of the molecule is Cc1ccc(Oc2ccc(Nc3ncnc4cccc(O[C@H](C)C(=O)N5CCC(O)C5)c34)cc2C)cn1. The van der Waals surface area contributed by atoms with Crippen molar-refractivity contribution in [1.82, 2.24) is 19.9 Å². The number of amides is 1. The average Bonchev–Trinajstić information content (AvgIpc) is 3.33. The molecule has 1 aliphatic rings. The Kier molecular flexibility index (Phi) is 6.87. The molecule has 0 saturated carbocycles. The molecule has 2 aromatic heterocycles. The fraction of sp³-hybridized carbons (Fsp3) is 0.286. The monoisotopic (exact) mass is 499 g/mol. The lowest BCUT2D eigenvalue weighted by molar-refractivity contribution is -0.137. The first-order valence-electron chi connectivity index (χ1n) is 12.2. The van der Waals surface area contributed by atoms with Crippen LogP contribution in [0.2, 0.25) is 0 Å². The smallest absolute Gasteiger partial charge is 0.263 e. The maximum Gasteiger partial charge on any atom is 0.263 e. The molecule has 0 aliphatic carbocycles. The molecule has 1 amide bonds. The predicted octanol–water partition coefficient (Wildman–Crippen LogP) is 4.54. The Labute approximate surface area is 215 Å². The highest BCUT2D eigenvalue weighted by Crippen LogP contribution is 2.34. The quantitative estimate of drug-likeness (QED) is 0.382. The number of carbonyl (C=O) groups excluding carboxylic acids is 1.